The van der Waals surface area contributed by atoms with Crippen molar-refractivity contribution in [3.05, 3.63) is 41.4 Å². The summed E-state index contributed by atoms with van der Waals surface area (Å²) in [5, 5.41) is 12.6. The number of hydrogen-bond acceptors (Lipinski definition) is 2. The van der Waals surface area contributed by atoms with E-state index in [0.29, 0.717) is 10.7 Å². The lowest BCUT2D eigenvalue weighted by Gasteiger charge is -2.23. The first-order chi connectivity index (χ1) is 9.56. The molecule has 0 saturated heterocycles. The van der Waals surface area contributed by atoms with Crippen LogP contribution in [0, 0.1) is 23.7 Å². The van der Waals surface area contributed by atoms with E-state index in [9.17, 15) is 14.7 Å². The SMILES string of the molecule is O=C(O)[C@H]1[C@H](C(=O)Nc2cccc(Cl)c2)[C@H]2C=C[C@H]1C2. The maximum absolute atomic E-state index is 12.4. The molecule has 1 amide bonds. The predicted molar refractivity (Wildman–Crippen MR) is 75.4 cm³/mol. The van der Waals surface area contributed by atoms with Gasteiger partial charge in [-0.15, -0.1) is 0 Å². The maximum Gasteiger partial charge on any atom is 0.307 e. The van der Waals surface area contributed by atoms with Crippen LogP contribution in [-0.2, 0) is 9.59 Å². The number of benzene rings is 1. The van der Waals surface area contributed by atoms with Crippen LogP contribution in [0.1, 0.15) is 6.42 Å². The molecule has 104 valence electrons. The Morgan fingerprint density at radius 2 is 1.90 bits per heavy atom. The minimum Gasteiger partial charge on any atom is -0.481 e. The van der Waals surface area contributed by atoms with Crippen molar-refractivity contribution in [2.75, 3.05) is 5.32 Å². The quantitative estimate of drug-likeness (QED) is 0.842. The molecule has 0 aromatic heterocycles. The van der Waals surface area contributed by atoms with Gasteiger partial charge in [0.05, 0.1) is 11.8 Å². The Kier molecular flexibility index (Phi) is 3.26. The van der Waals surface area contributed by atoms with E-state index in [0.717, 1.165) is 6.42 Å². The van der Waals surface area contributed by atoms with Gasteiger partial charge in [-0.1, -0.05) is 29.8 Å². The molecule has 0 unspecified atom stereocenters. The number of carbonyl (C=O) groups excluding carboxylic acids is 1. The van der Waals surface area contributed by atoms with Gasteiger partial charge in [-0.05, 0) is 36.5 Å². The van der Waals surface area contributed by atoms with Gasteiger partial charge >= 0.3 is 5.97 Å². The van der Waals surface area contributed by atoms with Crippen molar-refractivity contribution < 1.29 is 14.7 Å². The van der Waals surface area contributed by atoms with Crippen molar-refractivity contribution in [3.63, 3.8) is 0 Å². The molecule has 0 radical (unpaired) electrons. The van der Waals surface area contributed by atoms with Crippen LogP contribution in [0.5, 0.6) is 0 Å². The third-order valence-electron chi connectivity index (χ3n) is 4.14. The normalized spacial score (nSPS) is 30.4. The van der Waals surface area contributed by atoms with Crippen LogP contribution >= 0.6 is 11.6 Å². The predicted octanol–water partition coefficient (Wildman–Crippen LogP) is 2.80. The Morgan fingerprint density at radius 3 is 2.55 bits per heavy atom. The van der Waals surface area contributed by atoms with Crippen molar-refractivity contribution in [2.45, 2.75) is 6.42 Å². The van der Waals surface area contributed by atoms with Crippen molar-refractivity contribution in [1.82, 2.24) is 0 Å². The maximum atomic E-state index is 12.4. The minimum absolute atomic E-state index is 0.0207. The second kappa shape index (κ2) is 4.94. The number of hydrogen-bond donors (Lipinski definition) is 2. The fourth-order valence-corrected chi connectivity index (χ4v) is 3.50. The summed E-state index contributed by atoms with van der Waals surface area (Å²) in [5.41, 5.74) is 0.596. The zero-order chi connectivity index (χ0) is 14.3. The van der Waals surface area contributed by atoms with Crippen LogP contribution in [0.15, 0.2) is 36.4 Å². The van der Waals surface area contributed by atoms with Crippen LogP contribution in [0.4, 0.5) is 5.69 Å². The average Bonchev–Trinajstić information content (AvgIpc) is 2.98. The van der Waals surface area contributed by atoms with Gasteiger partial charge in [0, 0.05) is 10.7 Å². The summed E-state index contributed by atoms with van der Waals surface area (Å²) >= 11 is 5.87. The van der Waals surface area contributed by atoms with E-state index in [4.69, 9.17) is 11.6 Å². The molecule has 20 heavy (non-hydrogen) atoms. The van der Waals surface area contributed by atoms with Gasteiger partial charge in [0.2, 0.25) is 5.91 Å². The largest absolute Gasteiger partial charge is 0.481 e. The molecule has 4 nitrogen and oxygen atoms in total. The third-order valence-corrected chi connectivity index (χ3v) is 4.37. The Bertz CT molecular complexity index is 599. The summed E-state index contributed by atoms with van der Waals surface area (Å²) in [6.07, 6.45) is 4.64. The number of fused-ring (bicyclic) bond motifs is 2. The van der Waals surface area contributed by atoms with Gasteiger partial charge in [0.1, 0.15) is 0 Å². The second-order valence-corrected chi connectivity index (χ2v) is 5.77. The van der Waals surface area contributed by atoms with Crippen LogP contribution in [0.3, 0.4) is 0 Å². The first-order valence-electron chi connectivity index (χ1n) is 6.54. The molecular formula is C15H14ClNO3. The van der Waals surface area contributed by atoms with Crippen LogP contribution < -0.4 is 5.32 Å². The van der Waals surface area contributed by atoms with Gasteiger partial charge in [-0.2, -0.15) is 0 Å². The summed E-state index contributed by atoms with van der Waals surface area (Å²) in [7, 11) is 0. The molecule has 3 rings (SSSR count). The Balaban J connectivity index is 1.80. The fourth-order valence-electron chi connectivity index (χ4n) is 3.31. The standard InChI is InChI=1S/C15H14ClNO3/c16-10-2-1-3-11(7-10)17-14(18)12-8-4-5-9(6-8)13(12)15(19)20/h1-5,7-9,12-13H,6H2,(H,17,18)(H,19,20)/t8-,9-,12+,13+/m0/s1. The number of rotatable bonds is 3. The molecule has 5 heteroatoms. The minimum atomic E-state index is -0.895. The lowest BCUT2D eigenvalue weighted by Crippen LogP contribution is -2.36. The monoisotopic (exact) mass is 291 g/mol. The molecule has 2 aliphatic carbocycles. The highest BCUT2D eigenvalue weighted by Crippen LogP contribution is 2.48. The summed E-state index contributed by atoms with van der Waals surface area (Å²) in [6.45, 7) is 0. The third kappa shape index (κ3) is 2.20. The van der Waals surface area contributed by atoms with Crippen LogP contribution in [0.2, 0.25) is 5.02 Å². The second-order valence-electron chi connectivity index (χ2n) is 5.34. The topological polar surface area (TPSA) is 66.4 Å². The molecule has 2 N–H and O–H groups in total. The van der Waals surface area contributed by atoms with E-state index in [1.165, 1.54) is 0 Å². The van der Waals surface area contributed by atoms with Gasteiger partial charge in [-0.3, -0.25) is 9.59 Å². The molecule has 1 aromatic rings. The van der Waals surface area contributed by atoms with Gasteiger partial charge < -0.3 is 10.4 Å². The van der Waals surface area contributed by atoms with Gasteiger partial charge in [0.15, 0.2) is 0 Å². The number of aliphatic carboxylic acids is 1. The molecular weight excluding hydrogens is 278 g/mol. The molecule has 2 bridgehead atoms. The number of nitrogens with one attached hydrogen (secondary N) is 1. The molecule has 0 spiro atoms. The van der Waals surface area contributed by atoms with Gasteiger partial charge in [-0.25, -0.2) is 0 Å². The Morgan fingerprint density at radius 1 is 1.20 bits per heavy atom. The molecule has 2 aliphatic rings. The van der Waals surface area contributed by atoms with E-state index in [1.807, 2.05) is 12.2 Å². The summed E-state index contributed by atoms with van der Waals surface area (Å²) in [6, 6.07) is 6.85. The number of carboxylic acids is 1. The van der Waals surface area contributed by atoms with Crippen molar-refractivity contribution in [2.24, 2.45) is 23.7 Å². The number of halogens is 1. The van der Waals surface area contributed by atoms with Crippen LogP contribution in [0.25, 0.3) is 0 Å². The summed E-state index contributed by atoms with van der Waals surface area (Å²) in [5.74, 6) is -2.25. The number of carbonyl (C=O) groups is 2. The smallest absolute Gasteiger partial charge is 0.307 e. The van der Waals surface area contributed by atoms with E-state index in [-0.39, 0.29) is 17.7 Å². The molecule has 0 aliphatic heterocycles. The highest BCUT2D eigenvalue weighted by atomic mass is 35.5. The van der Waals surface area contributed by atoms with E-state index in [1.54, 1.807) is 24.3 Å². The lowest BCUT2D eigenvalue weighted by atomic mass is 9.82. The number of anilines is 1. The first kappa shape index (κ1) is 13.2. The summed E-state index contributed by atoms with van der Waals surface area (Å²) in [4.78, 5) is 23.8. The number of carboxylic acid groups (broad SMARTS) is 1. The van der Waals surface area contributed by atoms with E-state index in [2.05, 4.69) is 5.32 Å². The van der Waals surface area contributed by atoms with Crippen molar-refractivity contribution in [1.29, 1.82) is 0 Å². The average molecular weight is 292 g/mol. The van der Waals surface area contributed by atoms with Crippen molar-refractivity contribution in [3.8, 4) is 0 Å². The lowest BCUT2D eigenvalue weighted by molar-refractivity contribution is -0.146. The zero-order valence-electron chi connectivity index (χ0n) is 10.6. The number of allylic oxidation sites excluding steroid dienone is 2. The molecule has 1 fully saturated rings. The highest BCUT2D eigenvalue weighted by Gasteiger charge is 2.51. The van der Waals surface area contributed by atoms with Crippen LogP contribution in [-0.4, -0.2) is 17.0 Å². The summed E-state index contributed by atoms with van der Waals surface area (Å²) < 4.78 is 0. The zero-order valence-corrected chi connectivity index (χ0v) is 11.4. The molecule has 0 heterocycles. The molecule has 1 saturated carbocycles. The van der Waals surface area contributed by atoms with E-state index < -0.39 is 17.8 Å². The Hall–Kier alpha value is -1.81. The van der Waals surface area contributed by atoms with Gasteiger partial charge in [0.25, 0.3) is 0 Å². The highest BCUT2D eigenvalue weighted by molar-refractivity contribution is 6.30. The number of amides is 1. The van der Waals surface area contributed by atoms with E-state index >= 15 is 0 Å². The first-order valence-corrected chi connectivity index (χ1v) is 6.91. The Labute approximate surface area is 121 Å². The molecule has 1 aromatic carbocycles. The molecule has 4 atom stereocenters. The fraction of sp³-hybridized carbons (Fsp3) is 0.333. The van der Waals surface area contributed by atoms with Crippen molar-refractivity contribution >= 4 is 29.2 Å².